The molecule has 3 nitrogen and oxygen atoms in total. The molecule has 2 atom stereocenters. The minimum Gasteiger partial charge on any atom is -0.466 e. The van der Waals surface area contributed by atoms with Gasteiger partial charge < -0.3 is 10.5 Å². The Morgan fingerprint density at radius 2 is 2.07 bits per heavy atom. The van der Waals surface area contributed by atoms with Crippen LogP contribution in [0.5, 0.6) is 0 Å². The number of carbonyl (C=O) groups is 1. The van der Waals surface area contributed by atoms with Crippen LogP contribution in [0.2, 0.25) is 0 Å². The van der Waals surface area contributed by atoms with Crippen molar-refractivity contribution in [2.24, 2.45) is 11.7 Å². The maximum Gasteiger partial charge on any atom is 0.307 e. The van der Waals surface area contributed by atoms with E-state index < -0.39 is 0 Å². The zero-order valence-corrected chi connectivity index (χ0v) is 10.3. The van der Waals surface area contributed by atoms with Crippen molar-refractivity contribution in [1.82, 2.24) is 0 Å². The number of unbranched alkanes of at least 4 members (excludes halogenated alkanes) is 1. The molecular formula is C12H25NO2. The summed E-state index contributed by atoms with van der Waals surface area (Å²) in [5, 5.41) is 0. The van der Waals surface area contributed by atoms with Crippen molar-refractivity contribution in [3.05, 3.63) is 0 Å². The van der Waals surface area contributed by atoms with Crippen molar-refractivity contribution in [3.8, 4) is 0 Å². The number of hydrogen-bond donors (Lipinski definition) is 1. The van der Waals surface area contributed by atoms with Crippen molar-refractivity contribution >= 4 is 5.97 Å². The summed E-state index contributed by atoms with van der Waals surface area (Å²) in [4.78, 5) is 11.1. The number of carbonyl (C=O) groups excluding carboxylic acids is 1. The molecule has 0 heterocycles. The molecule has 90 valence electrons. The average molecular weight is 215 g/mol. The highest BCUT2D eigenvalue weighted by Gasteiger charge is 2.13. The van der Waals surface area contributed by atoms with Crippen LogP contribution in [0.1, 0.15) is 52.9 Å². The van der Waals surface area contributed by atoms with Crippen LogP contribution in [-0.4, -0.2) is 18.6 Å². The smallest absolute Gasteiger partial charge is 0.307 e. The predicted octanol–water partition coefficient (Wildman–Crippen LogP) is 2.48. The quantitative estimate of drug-likeness (QED) is 0.633. The molecule has 15 heavy (non-hydrogen) atoms. The van der Waals surface area contributed by atoms with Gasteiger partial charge in [0.2, 0.25) is 0 Å². The minimum absolute atomic E-state index is 0.0455. The third kappa shape index (κ3) is 8.43. The molecule has 0 unspecified atom stereocenters. The molecular weight excluding hydrogens is 190 g/mol. The molecule has 0 aliphatic carbocycles. The van der Waals surface area contributed by atoms with Gasteiger partial charge in [0.1, 0.15) is 0 Å². The van der Waals surface area contributed by atoms with E-state index in [0.29, 0.717) is 18.9 Å². The van der Waals surface area contributed by atoms with Gasteiger partial charge in [-0.2, -0.15) is 0 Å². The Balaban J connectivity index is 3.62. The van der Waals surface area contributed by atoms with Crippen LogP contribution in [0.25, 0.3) is 0 Å². The summed E-state index contributed by atoms with van der Waals surface area (Å²) in [7, 11) is 0. The molecule has 0 aromatic heterocycles. The first kappa shape index (κ1) is 14.4. The van der Waals surface area contributed by atoms with Gasteiger partial charge in [-0.1, -0.05) is 33.1 Å². The molecule has 0 spiro atoms. The summed E-state index contributed by atoms with van der Waals surface area (Å²) in [6.07, 6.45) is 4.93. The van der Waals surface area contributed by atoms with Gasteiger partial charge in [-0.3, -0.25) is 4.79 Å². The number of rotatable bonds is 8. The Morgan fingerprint density at radius 1 is 1.40 bits per heavy atom. The van der Waals surface area contributed by atoms with E-state index in [1.165, 1.54) is 19.3 Å². The lowest BCUT2D eigenvalue weighted by Crippen LogP contribution is -2.27. The molecule has 0 fully saturated rings. The number of ether oxygens (including phenoxy) is 1. The lowest BCUT2D eigenvalue weighted by molar-refractivity contribution is -0.143. The van der Waals surface area contributed by atoms with E-state index in [1.807, 2.05) is 6.92 Å². The number of hydrogen-bond acceptors (Lipinski definition) is 3. The fraction of sp³-hybridized carbons (Fsp3) is 0.917. The largest absolute Gasteiger partial charge is 0.466 e. The van der Waals surface area contributed by atoms with Gasteiger partial charge in [-0.25, -0.2) is 0 Å². The Bertz CT molecular complexity index is 171. The molecule has 0 amide bonds. The molecule has 0 rings (SSSR count). The van der Waals surface area contributed by atoms with Gasteiger partial charge in [0, 0.05) is 6.04 Å². The fourth-order valence-corrected chi connectivity index (χ4v) is 1.70. The summed E-state index contributed by atoms with van der Waals surface area (Å²) >= 11 is 0. The van der Waals surface area contributed by atoms with Crippen LogP contribution in [-0.2, 0) is 9.53 Å². The number of nitrogens with two attached hydrogens (primary N) is 1. The van der Waals surface area contributed by atoms with E-state index >= 15 is 0 Å². The minimum atomic E-state index is -0.173. The first-order chi connectivity index (χ1) is 7.10. The second-order valence-electron chi connectivity index (χ2n) is 4.25. The second-order valence-corrected chi connectivity index (χ2v) is 4.25. The first-order valence-corrected chi connectivity index (χ1v) is 6.01. The zero-order valence-electron chi connectivity index (χ0n) is 10.3. The molecule has 0 saturated heterocycles. The first-order valence-electron chi connectivity index (χ1n) is 6.01. The molecule has 0 radical (unpaired) electrons. The van der Waals surface area contributed by atoms with Crippen molar-refractivity contribution in [2.75, 3.05) is 6.61 Å². The maximum atomic E-state index is 11.1. The monoisotopic (exact) mass is 215 g/mol. The van der Waals surface area contributed by atoms with Crippen molar-refractivity contribution < 1.29 is 9.53 Å². The van der Waals surface area contributed by atoms with Crippen LogP contribution in [0.15, 0.2) is 0 Å². The zero-order chi connectivity index (χ0) is 11.7. The molecule has 0 aromatic carbocycles. The molecule has 0 aliphatic rings. The van der Waals surface area contributed by atoms with Gasteiger partial charge in [-0.05, 0) is 19.3 Å². The Hall–Kier alpha value is -0.570. The summed E-state index contributed by atoms with van der Waals surface area (Å²) in [5.41, 5.74) is 5.88. The van der Waals surface area contributed by atoms with Crippen LogP contribution >= 0.6 is 0 Å². The van der Waals surface area contributed by atoms with Crippen molar-refractivity contribution in [1.29, 1.82) is 0 Å². The highest BCUT2D eigenvalue weighted by molar-refractivity contribution is 5.70. The summed E-state index contributed by atoms with van der Waals surface area (Å²) in [5.74, 6) is 0.432. The van der Waals surface area contributed by atoms with E-state index in [1.54, 1.807) is 0 Å². The van der Waals surface area contributed by atoms with Crippen LogP contribution < -0.4 is 5.73 Å². The third-order valence-corrected chi connectivity index (χ3v) is 2.49. The highest BCUT2D eigenvalue weighted by Crippen LogP contribution is 2.14. The van der Waals surface area contributed by atoms with Gasteiger partial charge >= 0.3 is 5.97 Å². The molecule has 3 heteroatoms. The van der Waals surface area contributed by atoms with Gasteiger partial charge in [-0.15, -0.1) is 0 Å². The lowest BCUT2D eigenvalue weighted by Gasteiger charge is -2.16. The molecule has 0 aliphatic heterocycles. The Morgan fingerprint density at radius 3 is 2.60 bits per heavy atom. The summed E-state index contributed by atoms with van der Waals surface area (Å²) in [6.45, 7) is 6.64. The van der Waals surface area contributed by atoms with Crippen LogP contribution in [0.3, 0.4) is 0 Å². The average Bonchev–Trinajstić information content (AvgIpc) is 2.14. The second kappa shape index (κ2) is 8.72. The normalized spacial score (nSPS) is 14.7. The SMILES string of the molecule is CCCC[C@@H](C)C[C@H](N)CC(=O)OCC. The molecule has 0 aromatic rings. The van der Waals surface area contributed by atoms with Gasteiger partial charge in [0.25, 0.3) is 0 Å². The summed E-state index contributed by atoms with van der Waals surface area (Å²) < 4.78 is 4.86. The van der Waals surface area contributed by atoms with E-state index in [4.69, 9.17) is 10.5 Å². The highest BCUT2D eigenvalue weighted by atomic mass is 16.5. The predicted molar refractivity (Wildman–Crippen MR) is 62.5 cm³/mol. The third-order valence-electron chi connectivity index (χ3n) is 2.49. The van der Waals surface area contributed by atoms with Gasteiger partial charge in [0.15, 0.2) is 0 Å². The van der Waals surface area contributed by atoms with Gasteiger partial charge in [0.05, 0.1) is 13.0 Å². The standard InChI is InChI=1S/C12H25NO2/c1-4-6-7-10(3)8-11(13)9-12(14)15-5-2/h10-11H,4-9,13H2,1-3H3/t10-,11+/m1/s1. The summed E-state index contributed by atoms with van der Waals surface area (Å²) in [6, 6.07) is -0.0455. The maximum absolute atomic E-state index is 11.1. The lowest BCUT2D eigenvalue weighted by atomic mass is 9.95. The van der Waals surface area contributed by atoms with E-state index in [2.05, 4.69) is 13.8 Å². The van der Waals surface area contributed by atoms with Crippen LogP contribution in [0, 0.1) is 5.92 Å². The van der Waals surface area contributed by atoms with Crippen molar-refractivity contribution in [2.45, 2.75) is 58.9 Å². The van der Waals surface area contributed by atoms with E-state index in [0.717, 1.165) is 6.42 Å². The number of esters is 1. The van der Waals surface area contributed by atoms with E-state index in [-0.39, 0.29) is 12.0 Å². The fourth-order valence-electron chi connectivity index (χ4n) is 1.70. The van der Waals surface area contributed by atoms with Crippen LogP contribution in [0.4, 0.5) is 0 Å². The Labute approximate surface area is 93.4 Å². The molecule has 0 bridgehead atoms. The van der Waals surface area contributed by atoms with E-state index in [9.17, 15) is 4.79 Å². The Kier molecular flexibility index (Phi) is 8.38. The molecule has 0 saturated carbocycles. The topological polar surface area (TPSA) is 52.3 Å². The molecule has 2 N–H and O–H groups in total. The van der Waals surface area contributed by atoms with Crippen molar-refractivity contribution in [3.63, 3.8) is 0 Å².